The van der Waals surface area contributed by atoms with Crippen LogP contribution in [-0.4, -0.2) is 29.6 Å². The first-order valence-electron chi connectivity index (χ1n) is 3.63. The molecule has 0 spiro atoms. The summed E-state index contributed by atoms with van der Waals surface area (Å²) in [5.74, 6) is 0. The van der Waals surface area contributed by atoms with Gasteiger partial charge in [-0.15, -0.1) is 0 Å². The molecule has 0 unspecified atom stereocenters. The van der Waals surface area contributed by atoms with E-state index in [9.17, 15) is 8.42 Å². The predicted octanol–water partition coefficient (Wildman–Crippen LogP) is 0.809. The summed E-state index contributed by atoms with van der Waals surface area (Å²) in [5, 5.41) is 0. The molecular weight excluding hydrogens is 208 g/mol. The van der Waals surface area contributed by atoms with Gasteiger partial charge in [0.15, 0.2) is 0 Å². The average Bonchev–Trinajstić information content (AvgIpc) is 2.58. The van der Waals surface area contributed by atoms with Gasteiger partial charge in [-0.1, -0.05) is 6.08 Å². The number of imidazole rings is 1. The van der Waals surface area contributed by atoms with E-state index in [0.29, 0.717) is 0 Å². The molecule has 0 atom stereocenters. The maximum absolute atomic E-state index is 9.33. The minimum atomic E-state index is -4.16. The third kappa shape index (κ3) is 7.47. The van der Waals surface area contributed by atoms with Crippen LogP contribution in [0.2, 0.25) is 0 Å². The molecule has 0 aliphatic heterocycles. The van der Waals surface area contributed by atoms with E-state index in [1.54, 1.807) is 12.5 Å². The van der Waals surface area contributed by atoms with Gasteiger partial charge in [-0.05, 0) is 6.92 Å². The summed E-state index contributed by atoms with van der Waals surface area (Å²) >= 11 is 0. The highest BCUT2D eigenvalue weighted by atomic mass is 32.3. The van der Waals surface area contributed by atoms with Crippen LogP contribution in [0.15, 0.2) is 24.8 Å². The van der Waals surface area contributed by atoms with E-state index in [1.165, 1.54) is 0 Å². The Morgan fingerprint density at radius 3 is 2.43 bits per heavy atom. The highest BCUT2D eigenvalue weighted by molar-refractivity contribution is 7.80. The summed E-state index contributed by atoms with van der Waals surface area (Å²) in [6.45, 7) is 1.97. The molecule has 0 saturated heterocycles. The standard InChI is InChI=1S/C6H8N2.CH4O4S/c1-2-4-8-5-3-7-6-8;1-5-6(2,3)4/h2-6H,1H3;1H3,(H,2,3,4). The Kier molecular flexibility index (Phi) is 5.77. The second-order valence-electron chi connectivity index (χ2n) is 2.09. The first-order chi connectivity index (χ1) is 6.49. The van der Waals surface area contributed by atoms with Crippen molar-refractivity contribution in [1.29, 1.82) is 0 Å². The Bertz CT molecular complexity index is 355. The van der Waals surface area contributed by atoms with Crippen LogP contribution in [0.1, 0.15) is 6.92 Å². The zero-order chi connectivity index (χ0) is 11.0. The first kappa shape index (κ1) is 12.8. The molecule has 1 heterocycles. The van der Waals surface area contributed by atoms with Crippen molar-refractivity contribution < 1.29 is 17.2 Å². The third-order valence-corrected chi connectivity index (χ3v) is 1.48. The van der Waals surface area contributed by atoms with Gasteiger partial charge >= 0.3 is 10.4 Å². The molecule has 1 N–H and O–H groups in total. The third-order valence-electron chi connectivity index (χ3n) is 1.06. The molecule has 0 saturated carbocycles. The van der Waals surface area contributed by atoms with Crippen LogP contribution in [0.3, 0.4) is 0 Å². The van der Waals surface area contributed by atoms with Gasteiger partial charge in [-0.3, -0.25) is 8.74 Å². The molecule has 6 nitrogen and oxygen atoms in total. The second kappa shape index (κ2) is 6.30. The maximum Gasteiger partial charge on any atom is 0.397 e. The highest BCUT2D eigenvalue weighted by Gasteiger charge is 1.94. The number of hydrogen-bond acceptors (Lipinski definition) is 4. The molecule has 0 aliphatic carbocycles. The molecule has 1 rings (SSSR count). The normalized spacial score (nSPS) is 11.1. The quantitative estimate of drug-likeness (QED) is 0.746. The van der Waals surface area contributed by atoms with Gasteiger partial charge in [-0.2, -0.15) is 8.42 Å². The summed E-state index contributed by atoms with van der Waals surface area (Å²) in [7, 11) is -3.29. The lowest BCUT2D eigenvalue weighted by Gasteiger charge is -1.83. The fourth-order valence-electron chi connectivity index (χ4n) is 0.530. The second-order valence-corrected chi connectivity index (χ2v) is 3.28. The van der Waals surface area contributed by atoms with Crippen molar-refractivity contribution in [3.8, 4) is 0 Å². The minimum absolute atomic E-state index is 0.870. The molecule has 0 aliphatic rings. The van der Waals surface area contributed by atoms with Gasteiger partial charge in [0.1, 0.15) is 0 Å². The van der Waals surface area contributed by atoms with Gasteiger partial charge in [0.2, 0.25) is 0 Å². The molecule has 0 radical (unpaired) electrons. The molecule has 0 aromatic carbocycles. The molecule has 0 bridgehead atoms. The van der Waals surface area contributed by atoms with E-state index in [4.69, 9.17) is 4.55 Å². The first-order valence-corrected chi connectivity index (χ1v) is 4.99. The van der Waals surface area contributed by atoms with Crippen molar-refractivity contribution in [2.45, 2.75) is 6.92 Å². The van der Waals surface area contributed by atoms with Gasteiger partial charge in [0, 0.05) is 18.6 Å². The number of hydrogen-bond donors (Lipinski definition) is 1. The van der Waals surface area contributed by atoms with Gasteiger partial charge in [0.05, 0.1) is 13.4 Å². The van der Waals surface area contributed by atoms with Crippen molar-refractivity contribution in [2.24, 2.45) is 0 Å². The van der Waals surface area contributed by atoms with Crippen molar-refractivity contribution in [3.63, 3.8) is 0 Å². The number of aromatic nitrogens is 2. The fraction of sp³-hybridized carbons (Fsp3) is 0.286. The summed E-state index contributed by atoms with van der Waals surface area (Å²) in [4.78, 5) is 3.85. The number of allylic oxidation sites excluding steroid dienone is 1. The Hall–Kier alpha value is -1.18. The topological polar surface area (TPSA) is 81.4 Å². The lowest BCUT2D eigenvalue weighted by molar-refractivity contribution is 0.324. The summed E-state index contributed by atoms with van der Waals surface area (Å²) in [6.07, 6.45) is 9.29. The molecule has 0 amide bonds. The molecular formula is C7H12N2O4S. The van der Waals surface area contributed by atoms with Crippen LogP contribution < -0.4 is 0 Å². The number of rotatable bonds is 2. The van der Waals surface area contributed by atoms with Crippen LogP contribution in [0, 0.1) is 0 Å². The van der Waals surface area contributed by atoms with E-state index in [1.807, 2.05) is 30.0 Å². The van der Waals surface area contributed by atoms with Crippen LogP contribution in [0.5, 0.6) is 0 Å². The van der Waals surface area contributed by atoms with Crippen molar-refractivity contribution in [2.75, 3.05) is 7.11 Å². The van der Waals surface area contributed by atoms with Crippen LogP contribution in [-0.2, 0) is 14.6 Å². The van der Waals surface area contributed by atoms with E-state index in [2.05, 4.69) is 9.17 Å². The monoisotopic (exact) mass is 220 g/mol. The summed E-state index contributed by atoms with van der Waals surface area (Å²) < 4.78 is 31.6. The predicted molar refractivity (Wildman–Crippen MR) is 51.8 cm³/mol. The summed E-state index contributed by atoms with van der Waals surface area (Å²) in [6, 6.07) is 0. The Morgan fingerprint density at radius 1 is 1.57 bits per heavy atom. The van der Waals surface area contributed by atoms with Crippen LogP contribution >= 0.6 is 0 Å². The van der Waals surface area contributed by atoms with Crippen molar-refractivity contribution in [1.82, 2.24) is 9.55 Å². The fourth-order valence-corrected chi connectivity index (χ4v) is 0.530. The van der Waals surface area contributed by atoms with E-state index < -0.39 is 10.4 Å². The van der Waals surface area contributed by atoms with Gasteiger partial charge < -0.3 is 4.57 Å². The average molecular weight is 220 g/mol. The molecule has 80 valence electrons. The zero-order valence-electron chi connectivity index (χ0n) is 7.86. The van der Waals surface area contributed by atoms with Gasteiger partial charge in [-0.25, -0.2) is 4.98 Å². The Balaban J connectivity index is 0.000000255. The van der Waals surface area contributed by atoms with Gasteiger partial charge in [0.25, 0.3) is 0 Å². The van der Waals surface area contributed by atoms with Crippen LogP contribution in [0.4, 0.5) is 0 Å². The largest absolute Gasteiger partial charge is 0.397 e. The summed E-state index contributed by atoms with van der Waals surface area (Å²) in [5.41, 5.74) is 0. The lowest BCUT2D eigenvalue weighted by Crippen LogP contribution is -1.96. The van der Waals surface area contributed by atoms with E-state index >= 15 is 0 Å². The highest BCUT2D eigenvalue weighted by Crippen LogP contribution is 1.84. The molecule has 0 fully saturated rings. The van der Waals surface area contributed by atoms with Crippen molar-refractivity contribution >= 4 is 16.6 Å². The maximum atomic E-state index is 9.33. The molecule has 1 aromatic rings. The van der Waals surface area contributed by atoms with Crippen molar-refractivity contribution in [3.05, 3.63) is 24.8 Å². The van der Waals surface area contributed by atoms with E-state index in [-0.39, 0.29) is 0 Å². The molecule has 14 heavy (non-hydrogen) atoms. The smallest absolute Gasteiger partial charge is 0.313 e. The number of nitrogens with zero attached hydrogens (tertiary/aromatic N) is 2. The Labute approximate surface area is 82.8 Å². The minimum Gasteiger partial charge on any atom is -0.313 e. The molecule has 1 aromatic heterocycles. The Morgan fingerprint density at radius 2 is 2.14 bits per heavy atom. The zero-order valence-corrected chi connectivity index (χ0v) is 8.68. The SMILES string of the molecule is CC=Cn1ccnc1.COS(=O)(=O)O. The lowest BCUT2D eigenvalue weighted by atomic mass is 10.7. The van der Waals surface area contributed by atoms with E-state index in [0.717, 1.165) is 7.11 Å². The van der Waals surface area contributed by atoms with Crippen LogP contribution in [0.25, 0.3) is 6.20 Å². The molecule has 7 heteroatoms.